The molecule has 0 aromatic heterocycles. The molecule has 2 bridgehead atoms. The van der Waals surface area contributed by atoms with Crippen molar-refractivity contribution in [2.45, 2.75) is 31.9 Å². The second-order valence-electron chi connectivity index (χ2n) is 5.66. The zero-order valence-corrected chi connectivity index (χ0v) is 16.2. The molecule has 2 heterocycles. The first-order valence-corrected chi connectivity index (χ1v) is 11.1. The van der Waals surface area contributed by atoms with Crippen molar-refractivity contribution in [3.63, 3.8) is 0 Å². The van der Waals surface area contributed by atoms with Crippen LogP contribution in [0.5, 0.6) is 0 Å². The molecule has 2 aliphatic carbocycles. The van der Waals surface area contributed by atoms with Crippen molar-refractivity contribution in [3.05, 3.63) is 0 Å². The standard InChI is InChI=1S/C12H14I2NO5S/c1-18-11(16)5-3-2-4-8(20-21-9(4)5)7(3)19-12(17)6(13)10-14-15-10/h3-10,15H,2H2,1H3/q-1. The molecule has 0 radical (unpaired) electrons. The molecule has 0 spiro atoms. The number of methoxy groups -OCH3 is 1. The minimum absolute atomic E-state index is 0.0223. The summed E-state index contributed by atoms with van der Waals surface area (Å²) in [6.07, 6.45) is 0.535. The molecule has 0 aromatic rings. The van der Waals surface area contributed by atoms with E-state index in [1.54, 1.807) is 0 Å². The van der Waals surface area contributed by atoms with E-state index >= 15 is 0 Å². The molecule has 0 amide bonds. The van der Waals surface area contributed by atoms with Crippen molar-refractivity contribution in [2.24, 2.45) is 17.8 Å². The third kappa shape index (κ3) is 2.41. The van der Waals surface area contributed by atoms with Crippen molar-refractivity contribution < 1.29 is 44.7 Å². The Labute approximate surface area is 150 Å². The Morgan fingerprint density at radius 1 is 1.48 bits per heavy atom. The number of alkyl halides is 2. The number of carbonyl (C=O) groups is 2. The molecule has 9 heteroatoms. The average molecular weight is 538 g/mol. The summed E-state index contributed by atoms with van der Waals surface area (Å²) in [5, 5.41) is 0.161. The SMILES string of the molecule is COC(=O)C1C2CC3C(OSC31)C2OC(=O)C(I)C1N[I-]1. The van der Waals surface area contributed by atoms with Crippen LogP contribution in [0.2, 0.25) is 0 Å². The van der Waals surface area contributed by atoms with Gasteiger partial charge in [0, 0.05) is 0 Å². The summed E-state index contributed by atoms with van der Waals surface area (Å²) >= 11 is 3.49. The van der Waals surface area contributed by atoms with Crippen LogP contribution in [0.25, 0.3) is 0 Å². The first-order valence-electron chi connectivity index (χ1n) is 6.74. The molecule has 4 aliphatic rings. The van der Waals surface area contributed by atoms with Gasteiger partial charge in [0.25, 0.3) is 0 Å². The van der Waals surface area contributed by atoms with Gasteiger partial charge in [-0.15, -0.1) is 0 Å². The van der Waals surface area contributed by atoms with Crippen molar-refractivity contribution >= 4 is 46.6 Å². The van der Waals surface area contributed by atoms with E-state index in [4.69, 9.17) is 13.7 Å². The van der Waals surface area contributed by atoms with E-state index in [-0.39, 0.29) is 66.6 Å². The van der Waals surface area contributed by atoms with E-state index in [0.717, 1.165) is 6.42 Å². The summed E-state index contributed by atoms with van der Waals surface area (Å²) < 4.78 is 19.9. The average Bonchev–Trinajstić information content (AvgIpc) is 3.07. The van der Waals surface area contributed by atoms with Crippen LogP contribution in [0.1, 0.15) is 6.42 Å². The zero-order chi connectivity index (χ0) is 14.7. The van der Waals surface area contributed by atoms with Gasteiger partial charge in [-0.3, -0.25) is 0 Å². The van der Waals surface area contributed by atoms with Crippen LogP contribution in [-0.2, 0) is 23.2 Å². The number of fused-ring (bicyclic) bond motifs is 1. The van der Waals surface area contributed by atoms with Gasteiger partial charge in [-0.25, -0.2) is 0 Å². The molecule has 21 heavy (non-hydrogen) atoms. The number of halogens is 2. The quantitative estimate of drug-likeness (QED) is 0.0806. The van der Waals surface area contributed by atoms with Crippen molar-refractivity contribution in [1.82, 2.24) is 3.53 Å². The zero-order valence-electron chi connectivity index (χ0n) is 11.0. The number of nitrogens with one attached hydrogen (secondary N) is 1. The Bertz CT molecular complexity index is 490. The van der Waals surface area contributed by atoms with Gasteiger partial charge in [0.2, 0.25) is 0 Å². The normalized spacial score (nSPS) is 47.6. The maximum absolute atomic E-state index is 12.2. The van der Waals surface area contributed by atoms with Crippen LogP contribution >= 0.6 is 34.6 Å². The van der Waals surface area contributed by atoms with Gasteiger partial charge < -0.3 is 0 Å². The maximum atomic E-state index is 12.2. The fourth-order valence-corrected chi connectivity index (χ4v) is 8.16. The summed E-state index contributed by atoms with van der Waals surface area (Å²) in [6.45, 7) is 0. The number of esters is 2. The summed E-state index contributed by atoms with van der Waals surface area (Å²) in [4.78, 5) is 24.3. The Morgan fingerprint density at radius 3 is 2.90 bits per heavy atom. The van der Waals surface area contributed by atoms with Gasteiger partial charge >= 0.3 is 152 Å². The molecule has 2 saturated heterocycles. The molecule has 4 fully saturated rings. The molecular weight excluding hydrogens is 524 g/mol. The fourth-order valence-electron chi connectivity index (χ4n) is 3.70. The van der Waals surface area contributed by atoms with E-state index in [2.05, 4.69) is 26.1 Å². The van der Waals surface area contributed by atoms with E-state index in [1.807, 2.05) is 0 Å². The van der Waals surface area contributed by atoms with E-state index in [0.29, 0.717) is 9.97 Å². The van der Waals surface area contributed by atoms with Crippen LogP contribution in [-0.4, -0.2) is 44.5 Å². The number of rotatable bonds is 4. The van der Waals surface area contributed by atoms with E-state index < -0.39 is 0 Å². The number of ether oxygens (including phenoxy) is 2. The Balaban J connectivity index is 1.50. The molecule has 0 aromatic carbocycles. The van der Waals surface area contributed by atoms with Gasteiger partial charge in [0.1, 0.15) is 0 Å². The van der Waals surface area contributed by atoms with Crippen LogP contribution in [0, 0.1) is 17.8 Å². The summed E-state index contributed by atoms with van der Waals surface area (Å²) in [6, 6.07) is 0. The van der Waals surface area contributed by atoms with Gasteiger partial charge in [0.15, 0.2) is 0 Å². The third-order valence-electron chi connectivity index (χ3n) is 4.67. The molecule has 4 rings (SSSR count). The second kappa shape index (κ2) is 5.64. The molecular formula is C12H14I2NO5S-. The summed E-state index contributed by atoms with van der Waals surface area (Å²) in [5.74, 6) is -0.238. The van der Waals surface area contributed by atoms with Gasteiger partial charge in [-0.1, -0.05) is 0 Å². The van der Waals surface area contributed by atoms with Crippen LogP contribution in [0.15, 0.2) is 0 Å². The second-order valence-corrected chi connectivity index (χ2v) is 10.5. The van der Waals surface area contributed by atoms with E-state index in [9.17, 15) is 9.59 Å². The first kappa shape index (κ1) is 15.2. The number of carbonyl (C=O) groups excluding carboxylic acids is 2. The van der Waals surface area contributed by atoms with Gasteiger partial charge in [-0.2, -0.15) is 0 Å². The van der Waals surface area contributed by atoms with Crippen molar-refractivity contribution in [1.29, 1.82) is 0 Å². The van der Waals surface area contributed by atoms with Crippen molar-refractivity contribution in [2.75, 3.05) is 7.11 Å². The molecule has 2 aliphatic heterocycles. The van der Waals surface area contributed by atoms with Crippen molar-refractivity contribution in [3.8, 4) is 0 Å². The molecule has 8 atom stereocenters. The number of hydrogen-bond donors (Lipinski definition) is 1. The molecule has 8 unspecified atom stereocenters. The topological polar surface area (TPSA) is 83.8 Å². The molecule has 6 nitrogen and oxygen atoms in total. The fraction of sp³-hybridized carbons (Fsp3) is 0.833. The first-order chi connectivity index (χ1) is 10.1. The Kier molecular flexibility index (Phi) is 4.08. The predicted molar refractivity (Wildman–Crippen MR) is 78.0 cm³/mol. The predicted octanol–water partition coefficient (Wildman–Crippen LogP) is -2.51. The number of hydrogen-bond acceptors (Lipinski definition) is 7. The van der Waals surface area contributed by atoms with Crippen LogP contribution < -0.4 is 25.0 Å². The van der Waals surface area contributed by atoms with E-state index in [1.165, 1.54) is 19.2 Å². The summed E-state index contributed by atoms with van der Waals surface area (Å²) in [5.41, 5.74) is 0. The molecule has 118 valence electrons. The third-order valence-corrected chi connectivity index (χ3v) is 10.5. The molecule has 1 N–H and O–H groups in total. The van der Waals surface area contributed by atoms with Crippen LogP contribution in [0.4, 0.5) is 0 Å². The van der Waals surface area contributed by atoms with Crippen LogP contribution in [0.3, 0.4) is 0 Å². The molecule has 2 saturated carbocycles. The van der Waals surface area contributed by atoms with Gasteiger partial charge in [0.05, 0.1) is 0 Å². The monoisotopic (exact) mass is 538 g/mol. The minimum atomic E-state index is -0.299. The Hall–Kier alpha value is 0.670. The van der Waals surface area contributed by atoms with Gasteiger partial charge in [-0.05, 0) is 0 Å². The summed E-state index contributed by atoms with van der Waals surface area (Å²) in [7, 11) is 1.41. The Morgan fingerprint density at radius 2 is 2.24 bits per heavy atom.